The number of likely N-dealkylation sites (N-methyl/N-ethyl adjacent to an activating group) is 2. The molecule has 0 aliphatic heterocycles. The van der Waals surface area contributed by atoms with Crippen LogP contribution in [0.25, 0.3) is 33.6 Å². The monoisotopic (exact) mass is 532 g/mol. The molecule has 0 atom stereocenters. The number of amides is 1. The summed E-state index contributed by atoms with van der Waals surface area (Å²) in [4.78, 5) is 25.8. The summed E-state index contributed by atoms with van der Waals surface area (Å²) in [6.07, 6.45) is 2.77. The average Bonchev–Trinajstić information content (AvgIpc) is 3.37. The van der Waals surface area contributed by atoms with Crippen LogP contribution < -0.4 is 15.5 Å². The molecule has 2 aromatic heterocycles. The summed E-state index contributed by atoms with van der Waals surface area (Å²) in [5.41, 5.74) is 5.52. The summed E-state index contributed by atoms with van der Waals surface area (Å²) in [7, 11) is 6.09. The predicted octanol–water partition coefficient (Wildman–Crippen LogP) is 6.42. The number of carbonyl (C=O) groups is 1. The highest BCUT2D eigenvalue weighted by atomic mass is 16.3. The molecule has 0 saturated carbocycles. The van der Waals surface area contributed by atoms with E-state index in [1.807, 2.05) is 100 Å². The van der Waals surface area contributed by atoms with E-state index in [0.717, 1.165) is 46.5 Å². The first-order chi connectivity index (χ1) is 19.4. The molecule has 0 unspecified atom stereocenters. The van der Waals surface area contributed by atoms with Crippen LogP contribution in [0.3, 0.4) is 0 Å². The van der Waals surface area contributed by atoms with Crippen molar-refractivity contribution in [2.75, 3.05) is 49.8 Å². The topological polar surface area (TPSA) is 86.5 Å². The Morgan fingerprint density at radius 2 is 1.65 bits per heavy atom. The minimum atomic E-state index is -0.283. The quantitative estimate of drug-likeness (QED) is 0.201. The average molecular weight is 533 g/mol. The Morgan fingerprint density at radius 3 is 2.35 bits per heavy atom. The van der Waals surface area contributed by atoms with Crippen molar-refractivity contribution in [3.05, 3.63) is 97.8 Å². The van der Waals surface area contributed by atoms with Gasteiger partial charge in [0.2, 0.25) is 11.6 Å². The van der Waals surface area contributed by atoms with Gasteiger partial charge in [-0.25, -0.2) is 9.97 Å². The van der Waals surface area contributed by atoms with Gasteiger partial charge in [-0.05, 0) is 50.0 Å². The van der Waals surface area contributed by atoms with Gasteiger partial charge in [0, 0.05) is 37.0 Å². The van der Waals surface area contributed by atoms with Gasteiger partial charge < -0.3 is 24.9 Å². The number of rotatable bonds is 10. The van der Waals surface area contributed by atoms with Crippen LogP contribution >= 0.6 is 0 Å². The smallest absolute Gasteiger partial charge is 0.247 e. The van der Waals surface area contributed by atoms with E-state index in [0.29, 0.717) is 23.0 Å². The van der Waals surface area contributed by atoms with Gasteiger partial charge in [-0.3, -0.25) is 4.79 Å². The van der Waals surface area contributed by atoms with Gasteiger partial charge in [-0.2, -0.15) is 0 Å². The fourth-order valence-electron chi connectivity index (χ4n) is 4.53. The van der Waals surface area contributed by atoms with Crippen molar-refractivity contribution >= 4 is 39.9 Å². The van der Waals surface area contributed by atoms with Gasteiger partial charge in [-0.15, -0.1) is 0 Å². The maximum Gasteiger partial charge on any atom is 0.247 e. The molecule has 5 rings (SSSR count). The van der Waals surface area contributed by atoms with Gasteiger partial charge in [-0.1, -0.05) is 61.2 Å². The molecule has 8 nitrogen and oxygen atoms in total. The van der Waals surface area contributed by atoms with Crippen LogP contribution in [0.15, 0.2) is 102 Å². The molecule has 5 aromatic rings. The second-order valence-corrected chi connectivity index (χ2v) is 9.72. The van der Waals surface area contributed by atoms with E-state index >= 15 is 0 Å². The number of hydrogen-bond acceptors (Lipinski definition) is 7. The number of anilines is 4. The Bertz CT molecular complexity index is 1630. The van der Waals surface area contributed by atoms with Crippen LogP contribution in [0.4, 0.5) is 22.9 Å². The van der Waals surface area contributed by atoms with Crippen molar-refractivity contribution < 1.29 is 9.21 Å². The summed E-state index contributed by atoms with van der Waals surface area (Å²) in [5, 5.41) is 7.18. The molecule has 2 heterocycles. The number of hydrogen-bond donors (Lipinski definition) is 2. The SMILES string of the molecule is C=CC(=O)Nc1cc(-c2c(-c3ccccc3)oc3ncnc(Nc4ccccc4)c23)ccc1N(C)CCN(C)C. The Hall–Kier alpha value is -4.95. The Balaban J connectivity index is 1.71. The minimum absolute atomic E-state index is 0.283. The summed E-state index contributed by atoms with van der Waals surface area (Å²) < 4.78 is 6.39. The number of fused-ring (bicyclic) bond motifs is 1. The maximum absolute atomic E-state index is 12.5. The molecule has 3 aromatic carbocycles. The zero-order valence-electron chi connectivity index (χ0n) is 22.9. The van der Waals surface area contributed by atoms with Crippen LogP contribution in [-0.2, 0) is 4.79 Å². The first-order valence-electron chi connectivity index (χ1n) is 13.0. The molecule has 202 valence electrons. The van der Waals surface area contributed by atoms with Gasteiger partial charge in [0.1, 0.15) is 17.9 Å². The molecular formula is C32H32N6O2. The highest BCUT2D eigenvalue weighted by molar-refractivity contribution is 6.08. The van der Waals surface area contributed by atoms with Crippen LogP contribution in [-0.4, -0.2) is 55.0 Å². The normalized spacial score (nSPS) is 11.0. The fourth-order valence-corrected chi connectivity index (χ4v) is 4.53. The van der Waals surface area contributed by atoms with E-state index in [-0.39, 0.29) is 5.91 Å². The lowest BCUT2D eigenvalue weighted by molar-refractivity contribution is -0.111. The lowest BCUT2D eigenvalue weighted by atomic mass is 9.98. The predicted molar refractivity (Wildman–Crippen MR) is 163 cm³/mol. The summed E-state index contributed by atoms with van der Waals surface area (Å²) in [6, 6.07) is 25.8. The lowest BCUT2D eigenvalue weighted by Crippen LogP contribution is -2.29. The number of carbonyl (C=O) groups excluding carboxylic acids is 1. The van der Waals surface area contributed by atoms with E-state index in [4.69, 9.17) is 4.42 Å². The Morgan fingerprint density at radius 1 is 0.925 bits per heavy atom. The molecule has 2 N–H and O–H groups in total. The van der Waals surface area contributed by atoms with Crippen LogP contribution in [0.2, 0.25) is 0 Å². The lowest BCUT2D eigenvalue weighted by Gasteiger charge is -2.25. The van der Waals surface area contributed by atoms with Gasteiger partial charge in [0.15, 0.2) is 0 Å². The summed E-state index contributed by atoms with van der Waals surface area (Å²) >= 11 is 0. The molecule has 0 saturated heterocycles. The van der Waals surface area contributed by atoms with Crippen LogP contribution in [0.1, 0.15) is 0 Å². The standard InChI is InChI=1S/C32H32N6O2/c1-5-27(39)36-25-20-23(16-17-26(25)38(4)19-18-37(2)3)28-29-31(35-24-14-10-7-11-15-24)33-21-34-32(29)40-30(28)22-12-8-6-9-13-22/h5-17,20-21H,1,18-19H2,2-4H3,(H,36,39)(H,33,34,35). The molecule has 0 radical (unpaired) electrons. The van der Waals surface area contributed by atoms with Gasteiger partial charge >= 0.3 is 0 Å². The minimum Gasteiger partial charge on any atom is -0.437 e. The first-order valence-corrected chi connectivity index (χ1v) is 13.0. The number of nitrogens with one attached hydrogen (secondary N) is 2. The van der Waals surface area contributed by atoms with Crippen molar-refractivity contribution in [1.29, 1.82) is 0 Å². The summed E-state index contributed by atoms with van der Waals surface area (Å²) in [5.74, 6) is 1.01. The van der Waals surface area contributed by atoms with E-state index in [1.54, 1.807) is 0 Å². The molecule has 1 amide bonds. The number of aromatic nitrogens is 2. The molecule has 0 fully saturated rings. The Kier molecular flexibility index (Phi) is 7.89. The molecule has 0 spiro atoms. The van der Waals surface area contributed by atoms with Crippen LogP contribution in [0.5, 0.6) is 0 Å². The third-order valence-corrected chi connectivity index (χ3v) is 6.58. The van der Waals surface area contributed by atoms with Gasteiger partial charge in [0.25, 0.3) is 0 Å². The van der Waals surface area contributed by atoms with Gasteiger partial charge in [0.05, 0.1) is 16.8 Å². The van der Waals surface area contributed by atoms with Crippen molar-refractivity contribution in [2.45, 2.75) is 0 Å². The van der Waals surface area contributed by atoms with E-state index in [2.05, 4.69) is 37.0 Å². The van der Waals surface area contributed by atoms with E-state index in [1.165, 1.54) is 12.4 Å². The molecular weight excluding hydrogens is 500 g/mol. The first kappa shape index (κ1) is 26.6. The third kappa shape index (κ3) is 5.72. The highest BCUT2D eigenvalue weighted by Gasteiger charge is 2.23. The number of furan rings is 1. The molecule has 40 heavy (non-hydrogen) atoms. The van der Waals surface area contributed by atoms with E-state index < -0.39 is 0 Å². The number of benzene rings is 3. The molecule has 0 aliphatic carbocycles. The number of nitrogens with zero attached hydrogens (tertiary/aromatic N) is 4. The van der Waals surface area contributed by atoms with Crippen molar-refractivity contribution in [3.63, 3.8) is 0 Å². The van der Waals surface area contributed by atoms with Crippen molar-refractivity contribution in [2.24, 2.45) is 0 Å². The molecule has 0 aliphatic rings. The second-order valence-electron chi connectivity index (χ2n) is 9.72. The molecule has 0 bridgehead atoms. The second kappa shape index (κ2) is 11.8. The number of para-hydroxylation sites is 1. The fraction of sp³-hybridized carbons (Fsp3) is 0.156. The van der Waals surface area contributed by atoms with E-state index in [9.17, 15) is 4.79 Å². The maximum atomic E-state index is 12.5. The zero-order valence-corrected chi connectivity index (χ0v) is 22.9. The van der Waals surface area contributed by atoms with Crippen molar-refractivity contribution in [3.8, 4) is 22.5 Å². The summed E-state index contributed by atoms with van der Waals surface area (Å²) in [6.45, 7) is 5.29. The zero-order chi connectivity index (χ0) is 28.1. The Labute approximate surface area is 234 Å². The third-order valence-electron chi connectivity index (χ3n) is 6.58. The molecule has 8 heteroatoms. The highest BCUT2D eigenvalue weighted by Crippen LogP contribution is 2.44. The van der Waals surface area contributed by atoms with Crippen LogP contribution in [0, 0.1) is 0 Å². The largest absolute Gasteiger partial charge is 0.437 e. The van der Waals surface area contributed by atoms with Crippen molar-refractivity contribution in [1.82, 2.24) is 14.9 Å².